The molecule has 6 heteroatoms. The third kappa shape index (κ3) is 2.96. The van der Waals surface area contributed by atoms with E-state index in [2.05, 4.69) is 62.6 Å². The maximum Gasteiger partial charge on any atom is 0.166 e. The monoisotopic (exact) mass is 329 g/mol. The number of hydrogen-bond donors (Lipinski definition) is 1. The quantitative estimate of drug-likeness (QED) is 0.780. The van der Waals surface area contributed by atoms with E-state index in [4.69, 9.17) is 10.1 Å². The van der Waals surface area contributed by atoms with Crippen LogP contribution in [0.25, 0.3) is 16.1 Å². The van der Waals surface area contributed by atoms with Crippen LogP contribution < -0.4 is 5.32 Å². The zero-order valence-electron chi connectivity index (χ0n) is 14.3. The zero-order valence-corrected chi connectivity index (χ0v) is 15.2. The first-order chi connectivity index (χ1) is 11.0. The fraction of sp³-hybridized carbons (Fsp3) is 0.412. The van der Waals surface area contributed by atoms with E-state index in [0.717, 1.165) is 47.1 Å². The lowest BCUT2D eigenvalue weighted by atomic mass is 10.2. The molecule has 0 spiro atoms. The molecule has 0 fully saturated rings. The maximum atomic E-state index is 4.81. The minimum Gasteiger partial charge on any atom is -0.368 e. The van der Waals surface area contributed by atoms with Crippen LogP contribution in [-0.2, 0) is 0 Å². The minimum atomic E-state index is 0.875. The number of aryl methyl sites for hydroxylation is 2. The Bertz CT molecular complexity index is 817. The van der Waals surface area contributed by atoms with Crippen LogP contribution in [0, 0.1) is 20.8 Å². The van der Waals surface area contributed by atoms with Crippen LogP contribution in [0.5, 0.6) is 0 Å². The van der Waals surface area contributed by atoms with Gasteiger partial charge in [-0.1, -0.05) is 6.07 Å². The van der Waals surface area contributed by atoms with Crippen molar-refractivity contribution in [1.29, 1.82) is 0 Å². The lowest BCUT2D eigenvalue weighted by Crippen LogP contribution is -2.22. The Morgan fingerprint density at radius 1 is 1.22 bits per heavy atom. The highest BCUT2D eigenvalue weighted by Crippen LogP contribution is 2.33. The number of likely N-dealkylation sites (N-methyl/N-ethyl adjacent to an activating group) is 1. The second-order valence-corrected chi connectivity index (χ2v) is 7.02. The van der Waals surface area contributed by atoms with Crippen molar-refractivity contribution in [2.24, 2.45) is 0 Å². The Morgan fingerprint density at radius 3 is 2.65 bits per heavy atom. The molecule has 122 valence electrons. The molecule has 0 aromatic carbocycles. The fourth-order valence-electron chi connectivity index (χ4n) is 2.66. The summed E-state index contributed by atoms with van der Waals surface area (Å²) in [6.07, 6.45) is 0. The lowest BCUT2D eigenvalue weighted by Gasteiger charge is -2.15. The van der Waals surface area contributed by atoms with Gasteiger partial charge in [-0.15, -0.1) is 11.3 Å². The summed E-state index contributed by atoms with van der Waals surface area (Å²) in [6, 6.07) is 4.20. The van der Waals surface area contributed by atoms with Crippen LogP contribution >= 0.6 is 11.3 Å². The molecule has 0 aliphatic rings. The van der Waals surface area contributed by atoms with Crippen molar-refractivity contribution in [2.75, 3.05) is 32.5 Å². The fourth-order valence-corrected chi connectivity index (χ4v) is 3.48. The normalized spacial score (nSPS) is 11.6. The number of fused-ring (bicyclic) bond motifs is 1. The van der Waals surface area contributed by atoms with Crippen LogP contribution in [-0.4, -0.2) is 46.7 Å². The summed E-state index contributed by atoms with van der Waals surface area (Å²) in [5, 5.41) is 10.4. The van der Waals surface area contributed by atoms with Gasteiger partial charge in [0, 0.05) is 29.2 Å². The number of hydrogen-bond acceptors (Lipinski definition) is 5. The van der Waals surface area contributed by atoms with E-state index in [1.807, 2.05) is 4.52 Å². The molecule has 0 radical (unpaired) electrons. The molecule has 5 nitrogen and oxygen atoms in total. The molecule has 3 heterocycles. The highest BCUT2D eigenvalue weighted by atomic mass is 32.1. The van der Waals surface area contributed by atoms with Crippen molar-refractivity contribution in [2.45, 2.75) is 20.8 Å². The first kappa shape index (κ1) is 16.0. The first-order valence-electron chi connectivity index (χ1n) is 7.78. The predicted octanol–water partition coefficient (Wildman–Crippen LogP) is 3.36. The lowest BCUT2D eigenvalue weighted by molar-refractivity contribution is 0.425. The van der Waals surface area contributed by atoms with Gasteiger partial charge in [-0.25, -0.2) is 4.98 Å². The molecule has 3 aromatic heterocycles. The van der Waals surface area contributed by atoms with Crippen molar-refractivity contribution in [3.8, 4) is 10.4 Å². The summed E-state index contributed by atoms with van der Waals surface area (Å²) in [5.74, 6) is 1.04. The van der Waals surface area contributed by atoms with Crippen molar-refractivity contribution >= 4 is 22.8 Å². The Morgan fingerprint density at radius 2 is 2.00 bits per heavy atom. The molecule has 0 bridgehead atoms. The number of nitrogens with one attached hydrogen (secondary N) is 1. The van der Waals surface area contributed by atoms with Gasteiger partial charge in [-0.05, 0) is 46.3 Å². The Balaban J connectivity index is 2.12. The van der Waals surface area contributed by atoms with Crippen LogP contribution in [0.15, 0.2) is 17.5 Å². The molecule has 0 saturated carbocycles. The van der Waals surface area contributed by atoms with E-state index in [0.29, 0.717) is 0 Å². The number of thiophene rings is 1. The third-order valence-electron chi connectivity index (χ3n) is 4.04. The highest BCUT2D eigenvalue weighted by molar-refractivity contribution is 7.13. The molecular formula is C17H23N5S. The minimum absolute atomic E-state index is 0.875. The predicted molar refractivity (Wildman–Crippen MR) is 97.6 cm³/mol. The smallest absolute Gasteiger partial charge is 0.166 e. The van der Waals surface area contributed by atoms with Crippen molar-refractivity contribution < 1.29 is 0 Å². The largest absolute Gasteiger partial charge is 0.368 e. The summed E-state index contributed by atoms with van der Waals surface area (Å²) < 4.78 is 1.96. The topological polar surface area (TPSA) is 45.5 Å². The van der Waals surface area contributed by atoms with Crippen LogP contribution in [0.1, 0.15) is 17.0 Å². The number of nitrogens with zero attached hydrogens (tertiary/aromatic N) is 4. The summed E-state index contributed by atoms with van der Waals surface area (Å²) in [6.45, 7) is 8.06. The van der Waals surface area contributed by atoms with E-state index in [1.54, 1.807) is 11.3 Å². The molecule has 0 aliphatic heterocycles. The number of aromatic nitrogens is 3. The highest BCUT2D eigenvalue weighted by Gasteiger charge is 2.18. The molecule has 3 aromatic rings. The Kier molecular flexibility index (Phi) is 4.37. The number of anilines is 1. The summed E-state index contributed by atoms with van der Waals surface area (Å²) in [4.78, 5) is 8.19. The van der Waals surface area contributed by atoms with E-state index >= 15 is 0 Å². The summed E-state index contributed by atoms with van der Waals surface area (Å²) >= 11 is 1.73. The van der Waals surface area contributed by atoms with Crippen LogP contribution in [0.4, 0.5) is 5.82 Å². The van der Waals surface area contributed by atoms with Gasteiger partial charge in [0.25, 0.3) is 0 Å². The molecule has 0 unspecified atom stereocenters. The van der Waals surface area contributed by atoms with Gasteiger partial charge in [0.2, 0.25) is 0 Å². The molecule has 1 N–H and O–H groups in total. The third-order valence-corrected chi connectivity index (χ3v) is 4.93. The second-order valence-electron chi connectivity index (χ2n) is 6.07. The second kappa shape index (κ2) is 6.29. The van der Waals surface area contributed by atoms with Crippen molar-refractivity contribution in [1.82, 2.24) is 19.5 Å². The van der Waals surface area contributed by atoms with Crippen LogP contribution in [0.2, 0.25) is 0 Å². The van der Waals surface area contributed by atoms with E-state index < -0.39 is 0 Å². The standard InChI is InChI=1S/C17H23N5S/c1-11-12(2)19-17-15(14-7-6-10-23-14)13(3)20-22(17)16(11)18-8-9-21(4)5/h6-7,10,18H,8-9H2,1-5H3. The zero-order chi connectivity index (χ0) is 16.6. The first-order valence-corrected chi connectivity index (χ1v) is 8.66. The van der Waals surface area contributed by atoms with Crippen molar-refractivity contribution in [3.05, 3.63) is 34.5 Å². The molecule has 0 atom stereocenters. The average molecular weight is 329 g/mol. The molecule has 0 saturated heterocycles. The average Bonchev–Trinajstić information content (AvgIpc) is 3.10. The van der Waals surface area contributed by atoms with Gasteiger partial charge >= 0.3 is 0 Å². The maximum absolute atomic E-state index is 4.81. The van der Waals surface area contributed by atoms with Crippen LogP contribution in [0.3, 0.4) is 0 Å². The van der Waals surface area contributed by atoms with Crippen molar-refractivity contribution in [3.63, 3.8) is 0 Å². The molecular weight excluding hydrogens is 306 g/mol. The summed E-state index contributed by atoms with van der Waals surface area (Å²) in [5.41, 5.74) is 5.28. The van der Waals surface area contributed by atoms with Gasteiger partial charge < -0.3 is 10.2 Å². The van der Waals surface area contributed by atoms with Gasteiger partial charge in [0.05, 0.1) is 11.3 Å². The molecule has 3 rings (SSSR count). The Labute approximate surface area is 141 Å². The molecule has 0 aliphatic carbocycles. The Hall–Kier alpha value is -1.92. The molecule has 0 amide bonds. The van der Waals surface area contributed by atoms with E-state index in [1.165, 1.54) is 4.88 Å². The van der Waals surface area contributed by atoms with E-state index in [-0.39, 0.29) is 0 Å². The van der Waals surface area contributed by atoms with E-state index in [9.17, 15) is 0 Å². The molecule has 23 heavy (non-hydrogen) atoms. The van der Waals surface area contributed by atoms with Gasteiger partial charge in [0.15, 0.2) is 5.65 Å². The van der Waals surface area contributed by atoms with Gasteiger partial charge in [0.1, 0.15) is 5.82 Å². The number of rotatable bonds is 5. The van der Waals surface area contributed by atoms with Gasteiger partial charge in [-0.3, -0.25) is 0 Å². The SMILES string of the molecule is Cc1nc2c(-c3cccs3)c(C)nn2c(NCCN(C)C)c1C. The van der Waals surface area contributed by atoms with Gasteiger partial charge in [-0.2, -0.15) is 9.61 Å². The summed E-state index contributed by atoms with van der Waals surface area (Å²) in [7, 11) is 4.16.